The second kappa shape index (κ2) is 8.95. The molecule has 1 saturated heterocycles. The molecule has 0 spiro atoms. The molecule has 0 unspecified atom stereocenters. The predicted molar refractivity (Wildman–Crippen MR) is 117 cm³/mol. The maximum atomic E-state index is 13.3. The highest BCUT2D eigenvalue weighted by molar-refractivity contribution is 5.96. The summed E-state index contributed by atoms with van der Waals surface area (Å²) in [5.41, 5.74) is 1.25. The highest BCUT2D eigenvalue weighted by Gasteiger charge is 2.33. The van der Waals surface area contributed by atoms with Gasteiger partial charge in [0.15, 0.2) is 0 Å². The first kappa shape index (κ1) is 21.3. The third-order valence-electron chi connectivity index (χ3n) is 5.19. The second-order valence-corrected chi connectivity index (χ2v) is 8.91. The van der Waals surface area contributed by atoms with Gasteiger partial charge in [0, 0.05) is 23.8 Å². The molecule has 5 nitrogen and oxygen atoms in total. The van der Waals surface area contributed by atoms with Crippen LogP contribution in [0.1, 0.15) is 65.5 Å². The molecule has 1 aromatic carbocycles. The van der Waals surface area contributed by atoms with Crippen LogP contribution in [0.5, 0.6) is 0 Å². The van der Waals surface area contributed by atoms with Crippen LogP contribution in [0.3, 0.4) is 0 Å². The lowest BCUT2D eigenvalue weighted by Crippen LogP contribution is -2.40. The third kappa shape index (κ3) is 5.15. The summed E-state index contributed by atoms with van der Waals surface area (Å²) in [5.74, 6) is 0.658. The molecule has 156 valence electrons. The Balaban J connectivity index is 2.08. The number of hydrogen-bond donors (Lipinski definition) is 0. The zero-order chi connectivity index (χ0) is 21.0. The minimum absolute atomic E-state index is 0.237. The lowest BCUT2D eigenvalue weighted by atomic mass is 9.94. The van der Waals surface area contributed by atoms with Crippen molar-refractivity contribution < 1.29 is 9.53 Å². The fourth-order valence-corrected chi connectivity index (χ4v) is 3.96. The molecular weight excluding hydrogens is 362 g/mol. The topological polar surface area (TPSA) is 45.7 Å². The van der Waals surface area contributed by atoms with Crippen LogP contribution in [0, 0.1) is 0 Å². The van der Waals surface area contributed by atoms with Crippen molar-refractivity contribution in [3.05, 3.63) is 54.2 Å². The van der Waals surface area contributed by atoms with Gasteiger partial charge in [-0.2, -0.15) is 0 Å². The van der Waals surface area contributed by atoms with Gasteiger partial charge in [0.1, 0.15) is 11.4 Å². The summed E-state index contributed by atoms with van der Waals surface area (Å²) >= 11 is 0. The van der Waals surface area contributed by atoms with Crippen LogP contribution in [-0.4, -0.2) is 34.2 Å². The fraction of sp³-hybridized carbons (Fsp3) is 0.500. The quantitative estimate of drug-likeness (QED) is 0.628. The van der Waals surface area contributed by atoms with E-state index in [0.29, 0.717) is 11.9 Å². The summed E-state index contributed by atoms with van der Waals surface area (Å²) < 4.78 is 5.76. The number of piperidine rings is 1. The van der Waals surface area contributed by atoms with Crippen LogP contribution in [0.4, 0.5) is 16.3 Å². The smallest absolute Gasteiger partial charge is 0.420 e. The number of pyridine rings is 1. The standard InChI is InChI=1S/C24H33N3O2/c1-18(2)26-17-10-9-15-21(26)20-14-11-16-25-22(20)27(19-12-7-6-8-13-19)23(28)29-24(3,4)5/h6-8,11-14,16,18,21H,9-10,15,17H2,1-5H3/t21-/m0/s1. The molecule has 1 atom stereocenters. The summed E-state index contributed by atoms with van der Waals surface area (Å²) in [4.78, 5) is 22.1. The molecule has 1 aliphatic heterocycles. The number of nitrogens with zero attached hydrogens (tertiary/aromatic N) is 3. The Morgan fingerprint density at radius 1 is 1.14 bits per heavy atom. The van der Waals surface area contributed by atoms with Gasteiger partial charge in [-0.25, -0.2) is 14.7 Å². The number of hydrogen-bond acceptors (Lipinski definition) is 4. The van der Waals surface area contributed by atoms with E-state index in [9.17, 15) is 4.79 Å². The van der Waals surface area contributed by atoms with Crippen molar-refractivity contribution in [1.29, 1.82) is 0 Å². The zero-order valence-corrected chi connectivity index (χ0v) is 18.3. The van der Waals surface area contributed by atoms with Gasteiger partial charge in [0.05, 0.1) is 5.69 Å². The van der Waals surface area contributed by atoms with E-state index in [-0.39, 0.29) is 6.04 Å². The summed E-state index contributed by atoms with van der Waals surface area (Å²) in [6, 6.07) is 14.4. The number of aromatic nitrogens is 1. The molecular formula is C24H33N3O2. The number of rotatable bonds is 4. The van der Waals surface area contributed by atoms with Gasteiger partial charge in [-0.3, -0.25) is 4.90 Å². The Morgan fingerprint density at radius 2 is 1.86 bits per heavy atom. The van der Waals surface area contributed by atoms with Crippen molar-refractivity contribution in [2.45, 2.75) is 71.6 Å². The Morgan fingerprint density at radius 3 is 2.52 bits per heavy atom. The van der Waals surface area contributed by atoms with E-state index < -0.39 is 11.7 Å². The molecule has 0 bridgehead atoms. The summed E-state index contributed by atoms with van der Waals surface area (Å²) in [6.45, 7) is 11.2. The van der Waals surface area contributed by atoms with E-state index in [0.717, 1.165) is 24.2 Å². The number of carbonyl (C=O) groups is 1. The molecule has 0 aliphatic carbocycles. The Labute approximate surface area is 174 Å². The van der Waals surface area contributed by atoms with Crippen LogP contribution < -0.4 is 4.90 Å². The molecule has 1 amide bonds. The number of anilines is 2. The first-order valence-corrected chi connectivity index (χ1v) is 10.6. The monoisotopic (exact) mass is 395 g/mol. The van der Waals surface area contributed by atoms with Crippen LogP contribution >= 0.6 is 0 Å². The highest BCUT2D eigenvalue weighted by Crippen LogP contribution is 2.39. The van der Waals surface area contributed by atoms with E-state index >= 15 is 0 Å². The molecule has 1 fully saturated rings. The van der Waals surface area contributed by atoms with Crippen LogP contribution in [-0.2, 0) is 4.74 Å². The van der Waals surface area contributed by atoms with Crippen molar-refractivity contribution in [3.63, 3.8) is 0 Å². The average Bonchev–Trinajstić information content (AvgIpc) is 2.68. The summed E-state index contributed by atoms with van der Waals surface area (Å²) in [5, 5.41) is 0. The van der Waals surface area contributed by atoms with E-state index in [1.54, 1.807) is 11.1 Å². The molecule has 0 N–H and O–H groups in total. The number of ether oxygens (including phenoxy) is 1. The summed E-state index contributed by atoms with van der Waals surface area (Å²) in [7, 11) is 0. The molecule has 1 aromatic heterocycles. The maximum Gasteiger partial charge on any atom is 0.420 e. The minimum atomic E-state index is -0.589. The molecule has 2 heterocycles. The largest absolute Gasteiger partial charge is 0.443 e. The van der Waals surface area contributed by atoms with Crippen molar-refractivity contribution in [2.75, 3.05) is 11.4 Å². The predicted octanol–water partition coefficient (Wildman–Crippen LogP) is 6.09. The lowest BCUT2D eigenvalue weighted by molar-refractivity contribution is 0.0596. The Kier molecular flexibility index (Phi) is 6.58. The van der Waals surface area contributed by atoms with Gasteiger partial charge in [0.2, 0.25) is 0 Å². The van der Waals surface area contributed by atoms with E-state index in [1.807, 2.05) is 57.2 Å². The molecule has 2 aromatic rings. The van der Waals surface area contributed by atoms with Crippen molar-refractivity contribution in [3.8, 4) is 0 Å². The first-order valence-electron chi connectivity index (χ1n) is 10.6. The van der Waals surface area contributed by atoms with Gasteiger partial charge in [-0.05, 0) is 72.2 Å². The SMILES string of the molecule is CC(C)N1CCCC[C@H]1c1cccnc1N(C(=O)OC(C)(C)C)c1ccccc1. The fourth-order valence-electron chi connectivity index (χ4n) is 3.96. The van der Waals surface area contributed by atoms with Gasteiger partial charge >= 0.3 is 6.09 Å². The number of benzene rings is 1. The second-order valence-electron chi connectivity index (χ2n) is 8.91. The van der Waals surface area contributed by atoms with Gasteiger partial charge in [0.25, 0.3) is 0 Å². The third-order valence-corrected chi connectivity index (χ3v) is 5.19. The van der Waals surface area contributed by atoms with E-state index in [2.05, 4.69) is 29.8 Å². The summed E-state index contributed by atoms with van der Waals surface area (Å²) in [6.07, 6.45) is 4.80. The van der Waals surface area contributed by atoms with Gasteiger partial charge in [-0.15, -0.1) is 0 Å². The molecule has 0 saturated carbocycles. The first-order chi connectivity index (χ1) is 13.8. The molecule has 29 heavy (non-hydrogen) atoms. The number of likely N-dealkylation sites (tertiary alicyclic amines) is 1. The number of amides is 1. The normalized spacial score (nSPS) is 17.9. The van der Waals surface area contributed by atoms with Crippen molar-refractivity contribution >= 4 is 17.6 Å². The van der Waals surface area contributed by atoms with Gasteiger partial charge in [-0.1, -0.05) is 30.7 Å². The Bertz CT molecular complexity index is 814. The molecule has 3 rings (SSSR count). The highest BCUT2D eigenvalue weighted by atomic mass is 16.6. The molecule has 5 heteroatoms. The van der Waals surface area contributed by atoms with Crippen LogP contribution in [0.25, 0.3) is 0 Å². The molecule has 0 radical (unpaired) electrons. The maximum absolute atomic E-state index is 13.3. The average molecular weight is 396 g/mol. The zero-order valence-electron chi connectivity index (χ0n) is 18.3. The Hall–Kier alpha value is -2.40. The minimum Gasteiger partial charge on any atom is -0.443 e. The number of carbonyl (C=O) groups excluding carboxylic acids is 1. The molecule has 1 aliphatic rings. The van der Waals surface area contributed by atoms with Crippen molar-refractivity contribution in [2.24, 2.45) is 0 Å². The number of para-hydroxylation sites is 1. The van der Waals surface area contributed by atoms with E-state index in [1.165, 1.54) is 12.8 Å². The van der Waals surface area contributed by atoms with Crippen LogP contribution in [0.15, 0.2) is 48.7 Å². The lowest BCUT2D eigenvalue weighted by Gasteiger charge is -2.40. The van der Waals surface area contributed by atoms with Gasteiger partial charge < -0.3 is 4.74 Å². The van der Waals surface area contributed by atoms with Crippen LogP contribution in [0.2, 0.25) is 0 Å². The van der Waals surface area contributed by atoms with Crippen molar-refractivity contribution in [1.82, 2.24) is 9.88 Å². The van der Waals surface area contributed by atoms with E-state index in [4.69, 9.17) is 4.74 Å².